The normalized spacial score (nSPS) is 10.2. The van der Waals surface area contributed by atoms with Gasteiger partial charge in [-0.15, -0.1) is 0 Å². The molecule has 2 rings (SSSR count). The first-order valence-electron chi connectivity index (χ1n) is 6.01. The Kier molecular flexibility index (Phi) is 5.89. The molecule has 6 nitrogen and oxygen atoms in total. The van der Waals surface area contributed by atoms with Crippen LogP contribution in [0.15, 0.2) is 59.5 Å². The van der Waals surface area contributed by atoms with Crippen LogP contribution in [0.2, 0.25) is 0 Å². The van der Waals surface area contributed by atoms with Crippen LogP contribution in [0.5, 0.6) is 0 Å². The van der Waals surface area contributed by atoms with Crippen LogP contribution < -0.4 is 16.5 Å². The summed E-state index contributed by atoms with van der Waals surface area (Å²) in [6.45, 7) is 1.82. The van der Waals surface area contributed by atoms with Crippen molar-refractivity contribution in [1.82, 2.24) is 0 Å². The molecule has 0 aromatic heterocycles. The summed E-state index contributed by atoms with van der Waals surface area (Å²) in [5.41, 5.74) is 12.2. The van der Waals surface area contributed by atoms with E-state index in [0.29, 0.717) is 0 Å². The monoisotopic (exact) mass is 307 g/mol. The lowest BCUT2D eigenvalue weighted by Crippen LogP contribution is -2.72. The van der Waals surface area contributed by atoms with Crippen molar-refractivity contribution in [3.63, 3.8) is 0 Å². The summed E-state index contributed by atoms with van der Waals surface area (Å²) >= 11 is 0. The Morgan fingerprint density at radius 1 is 1.00 bits per heavy atom. The van der Waals surface area contributed by atoms with Crippen LogP contribution in [0, 0.1) is 6.92 Å². The van der Waals surface area contributed by atoms with Gasteiger partial charge in [0, 0.05) is 0 Å². The molecule has 2 aromatic carbocycles. The molecule has 0 aliphatic carbocycles. The molecule has 0 amide bonds. The molecule has 0 fully saturated rings. The number of nitrogens with two attached hydrogens (primary N) is 2. The number of nitrogens with one attached hydrogen (secondary N) is 1. The maximum atomic E-state index is 10.4. The second kappa shape index (κ2) is 7.41. The highest BCUT2D eigenvalue weighted by Gasteiger charge is 1.97. The van der Waals surface area contributed by atoms with Crippen LogP contribution in [0.3, 0.4) is 0 Å². The van der Waals surface area contributed by atoms with E-state index in [2.05, 4.69) is 4.99 Å². The molecule has 0 radical (unpaired) electrons. The molecular weight excluding hydrogens is 290 g/mol. The van der Waals surface area contributed by atoms with Crippen LogP contribution >= 0.6 is 0 Å². The number of rotatable bonds is 2. The van der Waals surface area contributed by atoms with Gasteiger partial charge in [0.05, 0.1) is 10.6 Å². The maximum absolute atomic E-state index is 10.4. The van der Waals surface area contributed by atoms with Gasteiger partial charge in [0.1, 0.15) is 10.1 Å². The maximum Gasteiger partial charge on any atom is 0.343 e. The van der Waals surface area contributed by atoms with E-state index in [9.17, 15) is 13.0 Å². The second-order valence-electron chi connectivity index (χ2n) is 4.21. The van der Waals surface area contributed by atoms with E-state index in [4.69, 9.17) is 11.5 Å². The lowest BCUT2D eigenvalue weighted by Gasteiger charge is -2.05. The summed E-state index contributed by atoms with van der Waals surface area (Å²) in [6, 6.07) is 15.3. The van der Waals surface area contributed by atoms with Gasteiger partial charge < -0.3 is 4.55 Å². The van der Waals surface area contributed by atoms with Gasteiger partial charge in [-0.3, -0.25) is 11.5 Å². The van der Waals surface area contributed by atoms with E-state index >= 15 is 0 Å². The molecule has 112 valence electrons. The molecule has 0 bridgehead atoms. The van der Waals surface area contributed by atoms with Crippen LogP contribution in [-0.2, 0) is 10.1 Å². The summed E-state index contributed by atoms with van der Waals surface area (Å²) in [7, 11) is -4.27. The average Bonchev–Trinajstić information content (AvgIpc) is 2.39. The predicted octanol–water partition coefficient (Wildman–Crippen LogP) is -0.429. The summed E-state index contributed by atoms with van der Waals surface area (Å²) in [5.74, 6) is 0.214. The van der Waals surface area contributed by atoms with Crippen LogP contribution in [0.25, 0.3) is 0 Å². The van der Waals surface area contributed by atoms with Gasteiger partial charge >= 0.3 is 5.96 Å². The third kappa shape index (κ3) is 6.55. The lowest BCUT2D eigenvalue weighted by molar-refractivity contribution is -0.356. The fraction of sp³-hybridized carbons (Fsp3) is 0.0714. The number of guanidine groups is 1. The first kappa shape index (κ1) is 16.7. The van der Waals surface area contributed by atoms with Gasteiger partial charge in [-0.05, 0) is 31.2 Å². The molecule has 0 saturated heterocycles. The smallest absolute Gasteiger partial charge is 0.343 e. The number of benzene rings is 2. The lowest BCUT2D eigenvalue weighted by atomic mass is 10.2. The summed E-state index contributed by atoms with van der Waals surface area (Å²) < 4.78 is 31.2. The number of para-hydroxylation sites is 1. The summed E-state index contributed by atoms with van der Waals surface area (Å²) in [4.78, 5) is 2.60. The van der Waals surface area contributed by atoms with E-state index in [1.54, 1.807) is 12.1 Å². The molecular formula is C14H17N3O3S. The van der Waals surface area contributed by atoms with Gasteiger partial charge in [0.15, 0.2) is 0 Å². The Morgan fingerprint density at radius 2 is 1.52 bits per heavy atom. The zero-order valence-electron chi connectivity index (χ0n) is 11.5. The first-order chi connectivity index (χ1) is 9.79. The van der Waals surface area contributed by atoms with Crippen molar-refractivity contribution in [2.24, 2.45) is 11.5 Å². The summed E-state index contributed by atoms with van der Waals surface area (Å²) in [5, 5.41) is 0. The quantitative estimate of drug-likeness (QED) is 0.395. The predicted molar refractivity (Wildman–Crippen MR) is 79.6 cm³/mol. The highest BCUT2D eigenvalue weighted by atomic mass is 32.2. The zero-order valence-corrected chi connectivity index (χ0v) is 12.3. The molecule has 0 spiro atoms. The molecule has 0 aliphatic heterocycles. The summed E-state index contributed by atoms with van der Waals surface area (Å²) in [6.07, 6.45) is 0. The van der Waals surface area contributed by atoms with Gasteiger partial charge in [-0.1, -0.05) is 35.9 Å². The third-order valence-electron chi connectivity index (χ3n) is 2.37. The van der Waals surface area contributed by atoms with Gasteiger partial charge in [0.25, 0.3) is 0 Å². The molecule has 0 atom stereocenters. The Labute approximate surface area is 123 Å². The van der Waals surface area contributed by atoms with Crippen molar-refractivity contribution in [3.8, 4) is 0 Å². The van der Waals surface area contributed by atoms with Gasteiger partial charge in [0.2, 0.25) is 0 Å². The van der Waals surface area contributed by atoms with E-state index in [0.717, 1.165) is 11.3 Å². The van der Waals surface area contributed by atoms with Crippen molar-refractivity contribution in [3.05, 3.63) is 60.2 Å². The molecule has 0 heterocycles. The molecule has 7 heteroatoms. The van der Waals surface area contributed by atoms with Crippen molar-refractivity contribution in [2.45, 2.75) is 11.8 Å². The Balaban J connectivity index is 0.000000211. The fourth-order valence-electron chi connectivity index (χ4n) is 1.39. The number of hydrogen-bond acceptors (Lipinski definition) is 3. The number of hydrogen-bond donors (Lipinski definition) is 3. The topological polar surface area (TPSA) is 123 Å². The molecule has 0 aliphatic rings. The zero-order chi connectivity index (χ0) is 15.9. The van der Waals surface area contributed by atoms with Gasteiger partial charge in [-0.2, -0.15) is 0 Å². The molecule has 21 heavy (non-hydrogen) atoms. The van der Waals surface area contributed by atoms with E-state index in [1.807, 2.05) is 37.3 Å². The minimum atomic E-state index is -4.27. The van der Waals surface area contributed by atoms with E-state index in [-0.39, 0.29) is 10.9 Å². The van der Waals surface area contributed by atoms with E-state index in [1.165, 1.54) is 12.1 Å². The highest BCUT2D eigenvalue weighted by Crippen LogP contribution is 2.08. The Bertz CT molecular complexity index is 692. The minimum Gasteiger partial charge on any atom is -0.744 e. The van der Waals surface area contributed by atoms with E-state index < -0.39 is 10.1 Å². The van der Waals surface area contributed by atoms with Crippen molar-refractivity contribution in [1.29, 1.82) is 0 Å². The molecule has 2 aromatic rings. The third-order valence-corrected chi connectivity index (χ3v) is 3.22. The largest absolute Gasteiger partial charge is 0.744 e. The SMILES string of the molecule is Cc1ccc(S(=O)(=O)[O-])cc1.NC(N)=[NH+]c1ccccc1. The second-order valence-corrected chi connectivity index (χ2v) is 5.59. The highest BCUT2D eigenvalue weighted by molar-refractivity contribution is 7.85. The fourth-order valence-corrected chi connectivity index (χ4v) is 1.86. The number of aryl methyl sites for hydroxylation is 1. The minimum absolute atomic E-state index is 0.178. The molecule has 0 saturated carbocycles. The van der Waals surface area contributed by atoms with Crippen molar-refractivity contribution < 1.29 is 18.0 Å². The van der Waals surface area contributed by atoms with Crippen LogP contribution in [-0.4, -0.2) is 18.9 Å². The Hall–Kier alpha value is -2.38. The Morgan fingerprint density at radius 3 is 1.95 bits per heavy atom. The van der Waals surface area contributed by atoms with Crippen LogP contribution in [0.4, 0.5) is 5.69 Å². The average molecular weight is 307 g/mol. The van der Waals surface area contributed by atoms with Gasteiger partial charge in [-0.25, -0.2) is 13.4 Å². The standard InChI is InChI=1S/C7H9N3.C7H8O3S/c8-7(9)10-6-4-2-1-3-5-6;1-6-2-4-7(5-3-6)11(8,9)10/h1-5H,(H4,8,9,10);2-5H,1H3,(H,8,9,10). The first-order valence-corrected chi connectivity index (χ1v) is 7.42. The van der Waals surface area contributed by atoms with Crippen molar-refractivity contribution in [2.75, 3.05) is 0 Å². The van der Waals surface area contributed by atoms with Crippen molar-refractivity contribution >= 4 is 21.8 Å². The molecule has 5 N–H and O–H groups in total. The van der Waals surface area contributed by atoms with Crippen LogP contribution in [0.1, 0.15) is 5.56 Å². The molecule has 0 unspecified atom stereocenters.